The van der Waals surface area contributed by atoms with Crippen molar-refractivity contribution in [2.24, 2.45) is 0 Å². The van der Waals surface area contributed by atoms with E-state index in [0.717, 1.165) is 23.8 Å². The van der Waals surface area contributed by atoms with Crippen molar-refractivity contribution in [1.29, 1.82) is 0 Å². The predicted molar refractivity (Wildman–Crippen MR) is 193 cm³/mol. The highest BCUT2D eigenvalue weighted by atomic mass is 19.4. The van der Waals surface area contributed by atoms with Crippen LogP contribution in [-0.4, -0.2) is 63.5 Å². The molecule has 54 heavy (non-hydrogen) atoms. The van der Waals surface area contributed by atoms with E-state index >= 15 is 0 Å². The van der Waals surface area contributed by atoms with E-state index in [2.05, 4.69) is 4.98 Å². The Hall–Kier alpha value is -5.43. The molecule has 4 aromatic carbocycles. The molecular weight excluding hydrogens is 707 g/mol. The van der Waals surface area contributed by atoms with Crippen LogP contribution < -0.4 is 5.56 Å². The zero-order valence-electron chi connectivity index (χ0n) is 29.6. The van der Waals surface area contributed by atoms with E-state index in [4.69, 9.17) is 4.74 Å². The maximum absolute atomic E-state index is 14.6. The van der Waals surface area contributed by atoms with Crippen LogP contribution in [-0.2, 0) is 46.4 Å². The molecule has 6 rings (SSSR count). The first kappa shape index (κ1) is 38.3. The average Bonchev–Trinajstić information content (AvgIpc) is 3.16. The molecule has 282 valence electrons. The summed E-state index contributed by atoms with van der Waals surface area (Å²) in [5, 5.41) is 0.309. The first-order valence-corrected chi connectivity index (χ1v) is 17.8. The fourth-order valence-corrected chi connectivity index (χ4v) is 6.90. The summed E-state index contributed by atoms with van der Waals surface area (Å²) in [6, 6.07) is 22.6. The highest BCUT2D eigenvalue weighted by Gasteiger charge is 2.31. The minimum absolute atomic E-state index is 0.0382. The van der Waals surface area contributed by atoms with Crippen molar-refractivity contribution in [3.8, 4) is 11.1 Å². The van der Waals surface area contributed by atoms with Crippen molar-refractivity contribution in [2.45, 2.75) is 57.9 Å². The van der Waals surface area contributed by atoms with Gasteiger partial charge < -0.3 is 14.2 Å². The van der Waals surface area contributed by atoms with Gasteiger partial charge in [0.1, 0.15) is 12.4 Å². The maximum atomic E-state index is 14.6. The molecule has 0 atom stereocenters. The second-order valence-corrected chi connectivity index (χ2v) is 13.3. The number of amides is 1. The fraction of sp³-hybridized carbons (Fsp3) is 0.317. The minimum Gasteiger partial charge on any atom is -0.465 e. The highest BCUT2D eigenvalue weighted by Crippen LogP contribution is 2.31. The van der Waals surface area contributed by atoms with Crippen molar-refractivity contribution in [3.63, 3.8) is 0 Å². The Kier molecular flexibility index (Phi) is 11.9. The van der Waals surface area contributed by atoms with E-state index in [0.29, 0.717) is 48.0 Å². The lowest BCUT2D eigenvalue weighted by Gasteiger charge is -2.38. The summed E-state index contributed by atoms with van der Waals surface area (Å²) in [5.74, 6) is -2.29. The van der Waals surface area contributed by atoms with Crippen LogP contribution in [0.3, 0.4) is 0 Å². The predicted octanol–water partition coefficient (Wildman–Crippen LogP) is 7.20. The van der Waals surface area contributed by atoms with Gasteiger partial charge in [-0.15, -0.1) is 0 Å². The van der Waals surface area contributed by atoms with Gasteiger partial charge in [-0.05, 0) is 78.8 Å². The summed E-state index contributed by atoms with van der Waals surface area (Å²) in [7, 11) is 0. The third-order valence-electron chi connectivity index (χ3n) is 9.74. The number of aryl methyl sites for hydroxylation is 2. The zero-order chi connectivity index (χ0) is 38.4. The standard InChI is InChI=1S/C41H39F5N4O4/c1-2-54-38(52)26-48-22-20-32(21-23-48)49(24-27-10-12-28(13-11-27)29-14-17-31(18-15-29)41(44,45)46)37(51)25-50-35-9-4-3-7-33(35)40(53)47-36(50)19-16-30-6-5-8-34(42)39(30)43/h3-15,17-18,32H,2,16,19-26H2,1H3. The van der Waals surface area contributed by atoms with Gasteiger partial charge in [-0.3, -0.25) is 19.3 Å². The number of hydrogen-bond acceptors (Lipinski definition) is 6. The molecule has 8 nitrogen and oxygen atoms in total. The quantitative estimate of drug-likeness (QED) is 0.0993. The highest BCUT2D eigenvalue weighted by molar-refractivity contribution is 5.82. The number of nitrogens with zero attached hydrogens (tertiary/aromatic N) is 4. The summed E-state index contributed by atoms with van der Waals surface area (Å²) in [5.41, 5.74) is 1.47. The Morgan fingerprint density at radius 3 is 2.19 bits per heavy atom. The number of piperidine rings is 1. The molecule has 1 aromatic heterocycles. The van der Waals surface area contributed by atoms with E-state index in [1.165, 1.54) is 24.3 Å². The Labute approximate surface area is 308 Å². The van der Waals surface area contributed by atoms with Crippen LogP contribution in [0.5, 0.6) is 0 Å². The van der Waals surface area contributed by atoms with Crippen LogP contribution in [0.2, 0.25) is 0 Å². The molecule has 1 fully saturated rings. The van der Waals surface area contributed by atoms with Crippen molar-refractivity contribution < 1.29 is 36.3 Å². The summed E-state index contributed by atoms with van der Waals surface area (Å²) in [4.78, 5) is 47.8. The van der Waals surface area contributed by atoms with Gasteiger partial charge in [-0.1, -0.05) is 60.7 Å². The van der Waals surface area contributed by atoms with Crippen LogP contribution in [0.25, 0.3) is 22.0 Å². The molecule has 0 radical (unpaired) electrons. The van der Waals surface area contributed by atoms with Crippen LogP contribution in [0.1, 0.15) is 42.3 Å². The van der Waals surface area contributed by atoms with E-state index in [-0.39, 0.29) is 68.4 Å². The Morgan fingerprint density at radius 1 is 0.852 bits per heavy atom. The molecule has 0 aliphatic carbocycles. The van der Waals surface area contributed by atoms with Gasteiger partial charge in [0.15, 0.2) is 11.6 Å². The molecule has 0 N–H and O–H groups in total. The number of carbonyl (C=O) groups excluding carboxylic acids is 2. The molecule has 1 aliphatic heterocycles. The van der Waals surface area contributed by atoms with Crippen molar-refractivity contribution in [2.75, 3.05) is 26.2 Å². The SMILES string of the molecule is CCOC(=O)CN1CCC(N(Cc2ccc(-c3ccc(C(F)(F)F)cc3)cc2)C(=O)Cn2c(CCc3cccc(F)c3F)nc(=O)c3ccccc32)CC1. The van der Waals surface area contributed by atoms with Gasteiger partial charge in [-0.25, -0.2) is 8.78 Å². The van der Waals surface area contributed by atoms with Gasteiger partial charge in [0, 0.05) is 32.1 Å². The van der Waals surface area contributed by atoms with E-state index in [1.807, 2.05) is 17.0 Å². The number of esters is 1. The Bertz CT molecular complexity index is 2160. The van der Waals surface area contributed by atoms with Gasteiger partial charge in [0.25, 0.3) is 5.56 Å². The van der Waals surface area contributed by atoms with Crippen molar-refractivity contribution in [1.82, 2.24) is 19.4 Å². The van der Waals surface area contributed by atoms with Gasteiger partial charge in [0.05, 0.1) is 29.6 Å². The van der Waals surface area contributed by atoms with E-state index < -0.39 is 28.9 Å². The lowest BCUT2D eigenvalue weighted by atomic mass is 10.00. The van der Waals surface area contributed by atoms with Crippen LogP contribution in [0.4, 0.5) is 22.0 Å². The number of ether oxygens (including phenoxy) is 1. The first-order chi connectivity index (χ1) is 25.9. The molecule has 0 saturated carbocycles. The number of rotatable bonds is 12. The van der Waals surface area contributed by atoms with Crippen molar-refractivity contribution >= 4 is 22.8 Å². The first-order valence-electron chi connectivity index (χ1n) is 17.8. The number of benzene rings is 4. The van der Waals surface area contributed by atoms with Gasteiger partial charge in [-0.2, -0.15) is 18.2 Å². The molecule has 0 bridgehead atoms. The molecule has 1 saturated heterocycles. The second-order valence-electron chi connectivity index (χ2n) is 13.3. The largest absolute Gasteiger partial charge is 0.465 e. The normalized spacial score (nSPS) is 14.0. The zero-order valence-corrected chi connectivity index (χ0v) is 29.6. The van der Waals surface area contributed by atoms with Gasteiger partial charge in [0.2, 0.25) is 5.91 Å². The average molecular weight is 747 g/mol. The Morgan fingerprint density at radius 2 is 1.52 bits per heavy atom. The monoisotopic (exact) mass is 746 g/mol. The third-order valence-corrected chi connectivity index (χ3v) is 9.74. The van der Waals surface area contributed by atoms with Crippen LogP contribution in [0.15, 0.2) is 95.8 Å². The number of hydrogen-bond donors (Lipinski definition) is 0. The molecule has 2 heterocycles. The van der Waals surface area contributed by atoms with Crippen LogP contribution in [0, 0.1) is 11.6 Å². The number of aromatic nitrogens is 2. The minimum atomic E-state index is -4.44. The number of carbonyl (C=O) groups is 2. The molecule has 0 unspecified atom stereocenters. The number of likely N-dealkylation sites (tertiary alicyclic amines) is 1. The molecule has 5 aromatic rings. The maximum Gasteiger partial charge on any atom is 0.416 e. The number of fused-ring (bicyclic) bond motifs is 1. The molecule has 1 amide bonds. The van der Waals surface area contributed by atoms with Gasteiger partial charge >= 0.3 is 12.1 Å². The molecule has 13 heteroatoms. The van der Waals surface area contributed by atoms with Crippen LogP contribution >= 0.6 is 0 Å². The summed E-state index contributed by atoms with van der Waals surface area (Å²) in [6.07, 6.45) is -3.19. The smallest absolute Gasteiger partial charge is 0.416 e. The second kappa shape index (κ2) is 16.7. The lowest BCUT2D eigenvalue weighted by Crippen LogP contribution is -2.49. The van der Waals surface area contributed by atoms with Crippen molar-refractivity contribution in [3.05, 3.63) is 135 Å². The lowest BCUT2D eigenvalue weighted by molar-refractivity contribution is -0.145. The summed E-state index contributed by atoms with van der Waals surface area (Å²) >= 11 is 0. The van der Waals surface area contributed by atoms with E-state index in [9.17, 15) is 36.3 Å². The summed E-state index contributed by atoms with van der Waals surface area (Å²) < 4.78 is 74.7. The Balaban J connectivity index is 1.28. The number of alkyl halides is 3. The number of halogens is 5. The van der Waals surface area contributed by atoms with E-state index in [1.54, 1.807) is 52.8 Å². The third kappa shape index (κ3) is 9.02. The number of para-hydroxylation sites is 1. The molecule has 1 aliphatic rings. The molecule has 0 spiro atoms. The summed E-state index contributed by atoms with van der Waals surface area (Å²) in [6.45, 7) is 3.29. The molecular formula is C41H39F5N4O4. The fourth-order valence-electron chi connectivity index (χ4n) is 6.90. The topological polar surface area (TPSA) is 84.7 Å².